The van der Waals surface area contributed by atoms with Gasteiger partial charge in [0.1, 0.15) is 5.75 Å². The molecule has 0 saturated heterocycles. The van der Waals surface area contributed by atoms with E-state index in [-0.39, 0.29) is 6.10 Å². The third kappa shape index (κ3) is 5.59. The molecular weight excluding hydrogens is 398 g/mol. The van der Waals surface area contributed by atoms with Crippen molar-refractivity contribution < 1.29 is 9.84 Å². The summed E-state index contributed by atoms with van der Waals surface area (Å²) in [4.78, 5) is 2.42. The van der Waals surface area contributed by atoms with Gasteiger partial charge in [0.25, 0.3) is 0 Å². The molecule has 0 spiro atoms. The third-order valence-corrected chi connectivity index (χ3v) is 6.13. The quantitative estimate of drug-likeness (QED) is 0.415. The summed E-state index contributed by atoms with van der Waals surface area (Å²) < 4.78 is 8.36. The van der Waals surface area contributed by atoms with Gasteiger partial charge < -0.3 is 9.84 Å². The van der Waals surface area contributed by atoms with E-state index in [1.54, 1.807) is 0 Å². The van der Waals surface area contributed by atoms with Crippen LogP contribution in [0.2, 0.25) is 0 Å². The second-order valence-electron chi connectivity index (χ2n) is 8.99. The van der Waals surface area contributed by atoms with Crippen molar-refractivity contribution in [1.29, 1.82) is 0 Å². The molecule has 1 N–H and O–H groups in total. The maximum atomic E-state index is 10.6. The fraction of sp³-hybridized carbons (Fsp3) is 0.444. The van der Waals surface area contributed by atoms with Crippen molar-refractivity contribution in [1.82, 2.24) is 14.7 Å². The van der Waals surface area contributed by atoms with Crippen molar-refractivity contribution >= 4 is 0 Å². The summed E-state index contributed by atoms with van der Waals surface area (Å²) in [7, 11) is 0. The van der Waals surface area contributed by atoms with Crippen LogP contribution in [0.5, 0.6) is 11.6 Å². The first-order valence-corrected chi connectivity index (χ1v) is 11.9. The van der Waals surface area contributed by atoms with Crippen molar-refractivity contribution in [2.75, 3.05) is 6.54 Å². The Balaban J connectivity index is 1.65. The molecule has 170 valence electrons. The first-order chi connectivity index (χ1) is 15.5. The first-order valence-electron chi connectivity index (χ1n) is 11.9. The SMILES string of the molecule is CCCC[C@H](O)CN(Cc1c(C)nn(-c2ccccc2)c1Oc1ccc(C)cc1)C1CC1. The summed E-state index contributed by atoms with van der Waals surface area (Å²) in [6, 6.07) is 18.8. The largest absolute Gasteiger partial charge is 0.439 e. The van der Waals surface area contributed by atoms with Gasteiger partial charge in [-0.3, -0.25) is 4.90 Å². The van der Waals surface area contributed by atoms with Crippen LogP contribution in [-0.4, -0.2) is 38.5 Å². The van der Waals surface area contributed by atoms with Crippen LogP contribution in [0.25, 0.3) is 5.69 Å². The summed E-state index contributed by atoms with van der Waals surface area (Å²) in [6.45, 7) is 7.72. The number of hydrogen-bond acceptors (Lipinski definition) is 4. The number of aromatic nitrogens is 2. The highest BCUT2D eigenvalue weighted by Crippen LogP contribution is 2.35. The van der Waals surface area contributed by atoms with E-state index in [4.69, 9.17) is 9.84 Å². The third-order valence-electron chi connectivity index (χ3n) is 6.13. The molecule has 1 saturated carbocycles. The molecule has 32 heavy (non-hydrogen) atoms. The Labute approximate surface area is 191 Å². The van der Waals surface area contributed by atoms with Crippen LogP contribution in [0.4, 0.5) is 0 Å². The van der Waals surface area contributed by atoms with Gasteiger partial charge in [-0.05, 0) is 57.4 Å². The molecule has 0 radical (unpaired) electrons. The van der Waals surface area contributed by atoms with Gasteiger partial charge in [0.2, 0.25) is 5.88 Å². The molecule has 3 aromatic rings. The van der Waals surface area contributed by atoms with Crippen LogP contribution in [-0.2, 0) is 6.54 Å². The summed E-state index contributed by atoms with van der Waals surface area (Å²) in [5.41, 5.74) is 4.23. The Morgan fingerprint density at radius 1 is 1.09 bits per heavy atom. The van der Waals surface area contributed by atoms with Crippen molar-refractivity contribution in [2.45, 2.75) is 71.6 Å². The lowest BCUT2D eigenvalue weighted by Gasteiger charge is -2.25. The molecule has 1 aliphatic rings. The second-order valence-corrected chi connectivity index (χ2v) is 8.99. The second kappa shape index (κ2) is 10.3. The Kier molecular flexibility index (Phi) is 7.28. The smallest absolute Gasteiger partial charge is 0.227 e. The van der Waals surface area contributed by atoms with Crippen molar-refractivity contribution in [3.63, 3.8) is 0 Å². The lowest BCUT2D eigenvalue weighted by molar-refractivity contribution is 0.0949. The minimum Gasteiger partial charge on any atom is -0.439 e. The summed E-state index contributed by atoms with van der Waals surface area (Å²) >= 11 is 0. The van der Waals surface area contributed by atoms with Crippen LogP contribution < -0.4 is 4.74 Å². The molecule has 1 atom stereocenters. The van der Waals surface area contributed by atoms with Gasteiger partial charge in [0, 0.05) is 19.1 Å². The summed E-state index contributed by atoms with van der Waals surface area (Å²) in [5, 5.41) is 15.5. The number of hydrogen-bond donors (Lipinski definition) is 1. The Morgan fingerprint density at radius 3 is 2.47 bits per heavy atom. The zero-order valence-corrected chi connectivity index (χ0v) is 19.5. The predicted octanol–water partition coefficient (Wildman–Crippen LogP) is 5.80. The Hall–Kier alpha value is -2.63. The zero-order valence-electron chi connectivity index (χ0n) is 19.5. The minimum atomic E-state index is -0.290. The van der Waals surface area contributed by atoms with Crippen LogP contribution in [0.3, 0.4) is 0 Å². The zero-order chi connectivity index (χ0) is 22.5. The normalized spacial score (nSPS) is 14.7. The van der Waals surface area contributed by atoms with Gasteiger partial charge in [-0.25, -0.2) is 4.68 Å². The van der Waals surface area contributed by atoms with Gasteiger partial charge in [0.15, 0.2) is 0 Å². The molecule has 2 aromatic carbocycles. The molecule has 1 fully saturated rings. The van der Waals surface area contributed by atoms with Crippen molar-refractivity contribution in [3.8, 4) is 17.3 Å². The number of para-hydroxylation sites is 1. The van der Waals surface area contributed by atoms with Crippen molar-refractivity contribution in [3.05, 3.63) is 71.4 Å². The molecule has 4 rings (SSSR count). The minimum absolute atomic E-state index is 0.290. The Morgan fingerprint density at radius 2 is 1.81 bits per heavy atom. The van der Waals surface area contributed by atoms with Gasteiger partial charge in [-0.1, -0.05) is 55.7 Å². The molecular formula is C27H35N3O2. The predicted molar refractivity (Wildman–Crippen MR) is 129 cm³/mol. The molecule has 5 heteroatoms. The monoisotopic (exact) mass is 433 g/mol. The lowest BCUT2D eigenvalue weighted by Crippen LogP contribution is -2.34. The standard InChI is InChI=1S/C27H35N3O2/c1-4-5-11-24(31)18-29(22-14-15-22)19-26-21(3)28-30(23-9-7-6-8-10-23)27(26)32-25-16-12-20(2)13-17-25/h6-10,12-13,16-17,22,24,31H,4-5,11,14-15,18-19H2,1-3H3/t24-/m0/s1. The number of ether oxygens (including phenoxy) is 1. The van der Waals surface area contributed by atoms with Crippen LogP contribution in [0.1, 0.15) is 55.8 Å². The molecule has 5 nitrogen and oxygen atoms in total. The molecule has 1 heterocycles. The number of aryl methyl sites for hydroxylation is 2. The van der Waals surface area contributed by atoms with Crippen LogP contribution in [0, 0.1) is 13.8 Å². The highest BCUT2D eigenvalue weighted by atomic mass is 16.5. The maximum Gasteiger partial charge on any atom is 0.227 e. The topological polar surface area (TPSA) is 50.5 Å². The number of aliphatic hydroxyl groups is 1. The van der Waals surface area contributed by atoms with E-state index in [2.05, 4.69) is 37.8 Å². The fourth-order valence-corrected chi connectivity index (χ4v) is 4.07. The maximum absolute atomic E-state index is 10.6. The number of unbranched alkanes of at least 4 members (excludes halogenated alkanes) is 1. The van der Waals surface area contributed by atoms with Crippen LogP contribution >= 0.6 is 0 Å². The van der Waals surface area contributed by atoms with Gasteiger partial charge in [-0.2, -0.15) is 5.10 Å². The Bertz CT molecular complexity index is 994. The molecule has 1 aliphatic carbocycles. The van der Waals surface area contributed by atoms with E-state index in [1.165, 1.54) is 18.4 Å². The molecule has 1 aromatic heterocycles. The van der Waals surface area contributed by atoms with E-state index in [9.17, 15) is 5.11 Å². The van der Waals surface area contributed by atoms with E-state index < -0.39 is 0 Å². The van der Waals surface area contributed by atoms with Gasteiger partial charge in [-0.15, -0.1) is 0 Å². The average Bonchev–Trinajstić information content (AvgIpc) is 3.60. The van der Waals surface area contributed by atoms with Crippen LogP contribution in [0.15, 0.2) is 54.6 Å². The van der Waals surface area contributed by atoms with E-state index in [0.717, 1.165) is 54.4 Å². The summed E-state index contributed by atoms with van der Waals surface area (Å²) in [5.74, 6) is 1.56. The number of benzene rings is 2. The fourth-order valence-electron chi connectivity index (χ4n) is 4.07. The number of aliphatic hydroxyl groups excluding tert-OH is 1. The van der Waals surface area contributed by atoms with Gasteiger partial charge >= 0.3 is 0 Å². The molecule has 0 amide bonds. The number of rotatable bonds is 11. The van der Waals surface area contributed by atoms with E-state index in [0.29, 0.717) is 12.6 Å². The van der Waals surface area contributed by atoms with E-state index in [1.807, 2.05) is 47.1 Å². The van der Waals surface area contributed by atoms with E-state index >= 15 is 0 Å². The highest BCUT2D eigenvalue weighted by Gasteiger charge is 2.32. The van der Waals surface area contributed by atoms with Gasteiger partial charge in [0.05, 0.1) is 23.0 Å². The molecule has 0 unspecified atom stereocenters. The average molecular weight is 434 g/mol. The number of nitrogens with zero attached hydrogens (tertiary/aromatic N) is 3. The first kappa shape index (κ1) is 22.6. The summed E-state index contributed by atoms with van der Waals surface area (Å²) in [6.07, 6.45) is 5.13. The highest BCUT2D eigenvalue weighted by molar-refractivity contribution is 5.43. The van der Waals surface area contributed by atoms with Crippen molar-refractivity contribution in [2.24, 2.45) is 0 Å². The molecule has 0 bridgehead atoms. The lowest BCUT2D eigenvalue weighted by atomic mass is 10.1. The molecule has 0 aliphatic heterocycles.